The maximum absolute atomic E-state index is 11.6. The molecule has 1 rings (SSSR count). The monoisotopic (exact) mass is 367 g/mol. The third-order valence-corrected chi connectivity index (χ3v) is 3.10. The molecule has 0 spiro atoms. The zero-order chi connectivity index (χ0) is 19.8. The molecule has 1 aromatic heterocycles. The largest absolute Gasteiger partial charge is 0.444 e. The summed E-state index contributed by atoms with van der Waals surface area (Å²) in [7, 11) is 0. The highest BCUT2D eigenvalue weighted by atomic mass is 16.6. The van der Waals surface area contributed by atoms with Gasteiger partial charge in [0, 0.05) is 25.0 Å². The first-order valence-corrected chi connectivity index (χ1v) is 8.95. The number of aromatic nitrogens is 1. The highest BCUT2D eigenvalue weighted by molar-refractivity contribution is 5.79. The van der Waals surface area contributed by atoms with Gasteiger partial charge in [0.15, 0.2) is 5.96 Å². The highest BCUT2D eigenvalue weighted by Crippen LogP contribution is 2.22. The number of carbonyl (C=O) groups excluding carboxylic acids is 1. The van der Waals surface area contributed by atoms with E-state index in [4.69, 9.17) is 9.15 Å². The van der Waals surface area contributed by atoms with E-state index < -0.39 is 11.7 Å². The number of rotatable bonds is 6. The van der Waals surface area contributed by atoms with Gasteiger partial charge < -0.3 is 25.1 Å². The minimum atomic E-state index is -0.504. The second-order valence-corrected chi connectivity index (χ2v) is 7.92. The van der Waals surface area contributed by atoms with E-state index in [2.05, 4.69) is 46.7 Å². The fraction of sp³-hybridized carbons (Fsp3) is 0.722. The first-order valence-electron chi connectivity index (χ1n) is 8.95. The molecule has 26 heavy (non-hydrogen) atoms. The van der Waals surface area contributed by atoms with E-state index in [0.29, 0.717) is 31.5 Å². The molecule has 0 aromatic carbocycles. The Morgan fingerprint density at radius 2 is 1.81 bits per heavy atom. The van der Waals surface area contributed by atoms with Gasteiger partial charge in [-0.15, -0.1) is 0 Å². The maximum Gasteiger partial charge on any atom is 0.407 e. The van der Waals surface area contributed by atoms with Crippen molar-refractivity contribution in [2.24, 2.45) is 4.99 Å². The number of nitrogens with zero attached hydrogens (tertiary/aromatic N) is 2. The van der Waals surface area contributed by atoms with Crippen molar-refractivity contribution in [2.75, 3.05) is 19.6 Å². The minimum absolute atomic E-state index is 0.0783. The van der Waals surface area contributed by atoms with Gasteiger partial charge >= 0.3 is 6.09 Å². The van der Waals surface area contributed by atoms with Crippen LogP contribution in [0.15, 0.2) is 15.6 Å². The molecule has 148 valence electrons. The second-order valence-electron chi connectivity index (χ2n) is 7.92. The molecule has 0 fully saturated rings. The molecular formula is C18H33N5O3. The normalized spacial score (nSPS) is 12.7. The Hall–Kier alpha value is -2.25. The van der Waals surface area contributed by atoms with Crippen LogP contribution in [0.5, 0.6) is 0 Å². The van der Waals surface area contributed by atoms with Crippen molar-refractivity contribution in [1.82, 2.24) is 20.9 Å². The molecule has 0 bridgehead atoms. The summed E-state index contributed by atoms with van der Waals surface area (Å²) >= 11 is 0. The zero-order valence-corrected chi connectivity index (χ0v) is 17.0. The van der Waals surface area contributed by atoms with Crippen molar-refractivity contribution in [3.63, 3.8) is 0 Å². The Labute approximate surface area is 156 Å². The number of amides is 1. The molecule has 3 N–H and O–H groups in total. The number of ether oxygens (including phenoxy) is 1. The quantitative estimate of drug-likeness (QED) is 0.406. The highest BCUT2D eigenvalue weighted by Gasteiger charge is 2.19. The average Bonchev–Trinajstić information content (AvgIpc) is 2.96. The van der Waals surface area contributed by atoms with Gasteiger partial charge in [0.25, 0.3) is 0 Å². The molecule has 0 radical (unpaired) electrons. The van der Waals surface area contributed by atoms with Crippen LogP contribution in [-0.4, -0.2) is 42.3 Å². The van der Waals surface area contributed by atoms with Gasteiger partial charge in [-0.1, -0.05) is 20.8 Å². The number of guanidine groups is 1. The van der Waals surface area contributed by atoms with Crippen LogP contribution in [-0.2, 0) is 16.7 Å². The molecule has 1 amide bonds. The number of nitrogens with one attached hydrogen (secondary N) is 3. The predicted molar refractivity (Wildman–Crippen MR) is 102 cm³/mol. The van der Waals surface area contributed by atoms with Gasteiger partial charge in [-0.25, -0.2) is 14.8 Å². The van der Waals surface area contributed by atoms with Crippen molar-refractivity contribution in [1.29, 1.82) is 0 Å². The van der Waals surface area contributed by atoms with Crippen molar-refractivity contribution in [2.45, 2.75) is 66.0 Å². The van der Waals surface area contributed by atoms with E-state index >= 15 is 0 Å². The molecule has 1 heterocycles. The first-order chi connectivity index (χ1) is 12.0. The minimum Gasteiger partial charge on any atom is -0.444 e. The lowest BCUT2D eigenvalue weighted by Gasteiger charge is -2.19. The van der Waals surface area contributed by atoms with Crippen molar-refractivity contribution < 1.29 is 13.9 Å². The van der Waals surface area contributed by atoms with Crippen LogP contribution >= 0.6 is 0 Å². The molecule has 0 aliphatic carbocycles. The van der Waals surface area contributed by atoms with Crippen LogP contribution in [0.1, 0.15) is 60.1 Å². The molecule has 8 heteroatoms. The van der Waals surface area contributed by atoms with Crippen LogP contribution < -0.4 is 16.0 Å². The Morgan fingerprint density at radius 1 is 1.15 bits per heavy atom. The summed E-state index contributed by atoms with van der Waals surface area (Å²) in [5.74, 6) is 2.04. The molecule has 0 atom stereocenters. The molecule has 0 aliphatic heterocycles. The molecule has 0 saturated heterocycles. The lowest BCUT2D eigenvalue weighted by atomic mass is 9.94. The summed E-state index contributed by atoms with van der Waals surface area (Å²) in [6.07, 6.45) is 1.31. The standard InChI is InChI=1S/C18H33N5O3/c1-8-19-15(20-9-10-21-16(24)26-18(5,6)7)23-12-14-22-11-13(25-14)17(2,3)4/h11H,8-10,12H2,1-7H3,(H,21,24)(H2,19,20,23). The third kappa shape index (κ3) is 8.73. The first kappa shape index (κ1) is 21.8. The summed E-state index contributed by atoms with van der Waals surface area (Å²) < 4.78 is 10.9. The Morgan fingerprint density at radius 3 is 2.35 bits per heavy atom. The van der Waals surface area contributed by atoms with E-state index in [9.17, 15) is 4.79 Å². The van der Waals surface area contributed by atoms with E-state index in [1.165, 1.54) is 0 Å². The topological polar surface area (TPSA) is 101 Å². The molecule has 8 nitrogen and oxygen atoms in total. The SMILES string of the molecule is CCNC(=NCc1ncc(C(C)(C)C)o1)NCCNC(=O)OC(C)(C)C. The molecule has 0 unspecified atom stereocenters. The van der Waals surface area contributed by atoms with Crippen LogP contribution in [0.3, 0.4) is 0 Å². The van der Waals surface area contributed by atoms with Gasteiger partial charge in [-0.05, 0) is 27.7 Å². The van der Waals surface area contributed by atoms with E-state index in [1.807, 2.05) is 27.7 Å². The lowest BCUT2D eigenvalue weighted by molar-refractivity contribution is 0.0529. The van der Waals surface area contributed by atoms with E-state index in [-0.39, 0.29) is 5.41 Å². The Kier molecular flexibility index (Phi) is 7.92. The zero-order valence-electron chi connectivity index (χ0n) is 17.0. The summed E-state index contributed by atoms with van der Waals surface area (Å²) in [4.78, 5) is 20.3. The van der Waals surface area contributed by atoms with E-state index in [1.54, 1.807) is 6.20 Å². The number of carbonyl (C=O) groups is 1. The summed E-state index contributed by atoms with van der Waals surface area (Å²) in [6.45, 7) is 15.7. The smallest absolute Gasteiger partial charge is 0.407 e. The average molecular weight is 367 g/mol. The van der Waals surface area contributed by atoms with Crippen molar-refractivity contribution in [3.05, 3.63) is 17.8 Å². The number of hydrogen-bond donors (Lipinski definition) is 3. The Balaban J connectivity index is 2.46. The summed E-state index contributed by atoms with van der Waals surface area (Å²) in [6, 6.07) is 0. The molecule has 1 aromatic rings. The number of oxazole rings is 1. The molecule has 0 aliphatic rings. The summed E-state index contributed by atoms with van der Waals surface area (Å²) in [5.41, 5.74) is -0.582. The van der Waals surface area contributed by atoms with Crippen LogP contribution in [0, 0.1) is 0 Å². The number of aliphatic imine (C=N–C) groups is 1. The predicted octanol–water partition coefficient (Wildman–Crippen LogP) is 2.55. The van der Waals surface area contributed by atoms with Gasteiger partial charge in [-0.2, -0.15) is 0 Å². The number of hydrogen-bond acceptors (Lipinski definition) is 5. The van der Waals surface area contributed by atoms with Crippen molar-refractivity contribution >= 4 is 12.1 Å². The van der Waals surface area contributed by atoms with Gasteiger partial charge in [-0.3, -0.25) is 0 Å². The van der Waals surface area contributed by atoms with Crippen LogP contribution in [0.2, 0.25) is 0 Å². The molecular weight excluding hydrogens is 334 g/mol. The maximum atomic E-state index is 11.6. The fourth-order valence-electron chi connectivity index (χ4n) is 1.88. The summed E-state index contributed by atoms with van der Waals surface area (Å²) in [5, 5.41) is 8.98. The lowest BCUT2D eigenvalue weighted by Crippen LogP contribution is -2.42. The van der Waals surface area contributed by atoms with Gasteiger partial charge in [0.05, 0.1) is 6.20 Å². The van der Waals surface area contributed by atoms with Gasteiger partial charge in [0.1, 0.15) is 17.9 Å². The fourth-order valence-corrected chi connectivity index (χ4v) is 1.88. The van der Waals surface area contributed by atoms with Gasteiger partial charge in [0.2, 0.25) is 5.89 Å². The molecule has 0 saturated carbocycles. The Bertz CT molecular complexity index is 597. The van der Waals surface area contributed by atoms with Crippen LogP contribution in [0.25, 0.3) is 0 Å². The number of alkyl carbamates (subject to hydrolysis) is 1. The van der Waals surface area contributed by atoms with Crippen molar-refractivity contribution in [3.8, 4) is 0 Å². The van der Waals surface area contributed by atoms with Crippen LogP contribution in [0.4, 0.5) is 4.79 Å². The second kappa shape index (κ2) is 9.45. The third-order valence-electron chi connectivity index (χ3n) is 3.10. The van der Waals surface area contributed by atoms with E-state index in [0.717, 1.165) is 12.3 Å².